The summed E-state index contributed by atoms with van der Waals surface area (Å²) in [6.07, 6.45) is 0. The van der Waals surface area contributed by atoms with Crippen LogP contribution in [0.4, 0.5) is 0 Å². The third-order valence-electron chi connectivity index (χ3n) is 10.7. The van der Waals surface area contributed by atoms with Crippen LogP contribution in [-0.4, -0.2) is 15.0 Å². The molecule has 0 amide bonds. The Hall–Kier alpha value is -7.01. The molecule has 0 bridgehead atoms. The van der Waals surface area contributed by atoms with Gasteiger partial charge in [0.2, 0.25) is 0 Å². The Morgan fingerprint density at radius 1 is 0.309 bits per heavy atom. The van der Waals surface area contributed by atoms with E-state index in [0.717, 1.165) is 55.6 Å². The van der Waals surface area contributed by atoms with Gasteiger partial charge in [-0.1, -0.05) is 164 Å². The van der Waals surface area contributed by atoms with Gasteiger partial charge in [0.1, 0.15) is 0 Å². The van der Waals surface area contributed by atoms with E-state index in [4.69, 9.17) is 15.0 Å². The van der Waals surface area contributed by atoms with Gasteiger partial charge in [0.25, 0.3) is 0 Å². The number of thiophene rings is 1. The predicted molar refractivity (Wildman–Crippen MR) is 232 cm³/mol. The molecule has 0 aliphatic heterocycles. The number of pyridine rings is 1. The van der Waals surface area contributed by atoms with Crippen molar-refractivity contribution >= 4 is 64.1 Å². The van der Waals surface area contributed by atoms with Gasteiger partial charge in [-0.3, -0.25) is 0 Å². The van der Waals surface area contributed by atoms with E-state index in [1.165, 1.54) is 47.5 Å². The van der Waals surface area contributed by atoms with Gasteiger partial charge in [0.05, 0.1) is 22.4 Å². The van der Waals surface area contributed by atoms with Crippen LogP contribution < -0.4 is 0 Å². The Kier molecular flexibility index (Phi) is 7.35. The third-order valence-corrected chi connectivity index (χ3v) is 11.9. The van der Waals surface area contributed by atoms with Crippen molar-refractivity contribution in [2.75, 3.05) is 0 Å². The molecule has 11 aromatic rings. The molecule has 55 heavy (non-hydrogen) atoms. The second-order valence-corrected chi connectivity index (χ2v) is 15.0. The van der Waals surface area contributed by atoms with Gasteiger partial charge in [-0.05, 0) is 46.5 Å². The molecule has 0 N–H and O–H groups in total. The lowest BCUT2D eigenvalue weighted by atomic mass is 9.95. The lowest BCUT2D eigenvalue weighted by Crippen LogP contribution is -1.95. The highest BCUT2D eigenvalue weighted by molar-refractivity contribution is 7.26. The fourth-order valence-electron chi connectivity index (χ4n) is 7.97. The SMILES string of the molecule is c1ccc(-c2ccc(-c3nc(-c4ccc(-c5cccc(-c6nc7ccccc7c7c6ccc6c8ccccc8sc67)c5)cc4)c4ccccc4n3)cc2)cc1. The van der Waals surface area contributed by atoms with Crippen molar-refractivity contribution in [2.24, 2.45) is 0 Å². The highest BCUT2D eigenvalue weighted by Gasteiger charge is 2.17. The summed E-state index contributed by atoms with van der Waals surface area (Å²) >= 11 is 1.87. The van der Waals surface area contributed by atoms with Gasteiger partial charge in [0, 0.05) is 58.4 Å². The van der Waals surface area contributed by atoms with Gasteiger partial charge in [-0.15, -0.1) is 11.3 Å². The fourth-order valence-corrected chi connectivity index (χ4v) is 9.24. The van der Waals surface area contributed by atoms with Crippen molar-refractivity contribution in [3.8, 4) is 56.2 Å². The maximum atomic E-state index is 5.30. The van der Waals surface area contributed by atoms with Crippen molar-refractivity contribution in [3.05, 3.63) is 188 Å². The Balaban J connectivity index is 0.986. The Bertz CT molecular complexity index is 3240. The van der Waals surface area contributed by atoms with Crippen LogP contribution in [0.5, 0.6) is 0 Å². The summed E-state index contributed by atoms with van der Waals surface area (Å²) < 4.78 is 2.62. The largest absolute Gasteiger partial charge is 0.247 e. The molecule has 0 unspecified atom stereocenters. The van der Waals surface area contributed by atoms with Crippen molar-refractivity contribution in [1.29, 1.82) is 0 Å². The smallest absolute Gasteiger partial charge is 0.160 e. The first-order chi connectivity index (χ1) is 27.2. The summed E-state index contributed by atoms with van der Waals surface area (Å²) in [7, 11) is 0. The van der Waals surface area contributed by atoms with E-state index in [9.17, 15) is 0 Å². The molecule has 3 aromatic heterocycles. The minimum atomic E-state index is 0.716. The summed E-state index contributed by atoms with van der Waals surface area (Å²) in [4.78, 5) is 15.5. The molecule has 8 aromatic carbocycles. The number of hydrogen-bond donors (Lipinski definition) is 0. The topological polar surface area (TPSA) is 38.7 Å². The Morgan fingerprint density at radius 3 is 1.65 bits per heavy atom. The highest BCUT2D eigenvalue weighted by Crippen LogP contribution is 2.43. The predicted octanol–water partition coefficient (Wildman–Crippen LogP) is 14.0. The number of hydrogen-bond acceptors (Lipinski definition) is 4. The first kappa shape index (κ1) is 31.5. The molecule has 0 aliphatic rings. The van der Waals surface area contributed by atoms with Crippen LogP contribution in [0.2, 0.25) is 0 Å². The minimum absolute atomic E-state index is 0.716. The minimum Gasteiger partial charge on any atom is -0.247 e. The van der Waals surface area contributed by atoms with E-state index in [1.54, 1.807) is 0 Å². The van der Waals surface area contributed by atoms with Crippen LogP contribution in [0.25, 0.3) is 109 Å². The second kappa shape index (κ2) is 12.8. The van der Waals surface area contributed by atoms with Crippen molar-refractivity contribution in [2.45, 2.75) is 0 Å². The standard InChI is InChI=1S/C51H31N3S/c1-2-11-32(12-3-1)33-23-27-36(28-24-33)51-53-45-19-8-5-17-42(45)48(54-51)35-25-21-34(22-26-35)37-13-10-14-38(31-37)49-43-30-29-40-39-15-6-9-20-46(39)55-50(40)47(43)41-16-4-7-18-44(41)52-49/h1-31H. The van der Waals surface area contributed by atoms with Crippen molar-refractivity contribution in [1.82, 2.24) is 15.0 Å². The fraction of sp³-hybridized carbons (Fsp3) is 0. The van der Waals surface area contributed by atoms with E-state index in [0.29, 0.717) is 5.82 Å². The zero-order valence-corrected chi connectivity index (χ0v) is 30.5. The quantitative estimate of drug-likeness (QED) is 0.166. The molecule has 0 radical (unpaired) electrons. The highest BCUT2D eigenvalue weighted by atomic mass is 32.1. The van der Waals surface area contributed by atoms with Crippen LogP contribution in [-0.2, 0) is 0 Å². The molecule has 256 valence electrons. The molecule has 0 fully saturated rings. The van der Waals surface area contributed by atoms with Crippen LogP contribution in [0.3, 0.4) is 0 Å². The summed E-state index contributed by atoms with van der Waals surface area (Å²) in [5, 5.41) is 7.28. The molecule has 0 saturated heterocycles. The van der Waals surface area contributed by atoms with Crippen LogP contribution in [0, 0.1) is 0 Å². The zero-order valence-electron chi connectivity index (χ0n) is 29.6. The van der Waals surface area contributed by atoms with Gasteiger partial charge in [-0.25, -0.2) is 15.0 Å². The number of benzene rings is 8. The number of rotatable bonds is 5. The average Bonchev–Trinajstić information content (AvgIpc) is 3.65. The normalized spacial score (nSPS) is 11.6. The van der Waals surface area contributed by atoms with Crippen molar-refractivity contribution < 1.29 is 0 Å². The molecule has 0 spiro atoms. The first-order valence-electron chi connectivity index (χ1n) is 18.5. The summed E-state index contributed by atoms with van der Waals surface area (Å²) in [5.41, 5.74) is 11.6. The third kappa shape index (κ3) is 5.38. The Labute approximate surface area is 321 Å². The van der Waals surface area contributed by atoms with E-state index < -0.39 is 0 Å². The molecule has 3 heterocycles. The molecule has 11 rings (SSSR count). The maximum absolute atomic E-state index is 5.30. The number of para-hydroxylation sites is 2. The molecule has 3 nitrogen and oxygen atoms in total. The molecular formula is C51H31N3S. The number of fused-ring (bicyclic) bond motifs is 8. The van der Waals surface area contributed by atoms with Gasteiger partial charge < -0.3 is 0 Å². The van der Waals surface area contributed by atoms with Gasteiger partial charge in [0.15, 0.2) is 5.82 Å². The molecule has 0 saturated carbocycles. The van der Waals surface area contributed by atoms with E-state index in [1.807, 2.05) is 23.5 Å². The maximum Gasteiger partial charge on any atom is 0.160 e. The van der Waals surface area contributed by atoms with E-state index in [-0.39, 0.29) is 0 Å². The molecule has 4 heteroatoms. The van der Waals surface area contributed by atoms with Gasteiger partial charge >= 0.3 is 0 Å². The van der Waals surface area contributed by atoms with Gasteiger partial charge in [-0.2, -0.15) is 0 Å². The van der Waals surface area contributed by atoms with Crippen LogP contribution in [0.1, 0.15) is 0 Å². The summed E-state index contributed by atoms with van der Waals surface area (Å²) in [6.45, 7) is 0. The van der Waals surface area contributed by atoms with Crippen LogP contribution in [0.15, 0.2) is 188 Å². The molecule has 0 aliphatic carbocycles. The molecular weight excluding hydrogens is 687 g/mol. The molecule has 0 atom stereocenters. The lowest BCUT2D eigenvalue weighted by molar-refractivity contribution is 1.23. The number of aromatic nitrogens is 3. The lowest BCUT2D eigenvalue weighted by Gasteiger charge is -2.13. The summed E-state index contributed by atoms with van der Waals surface area (Å²) in [6, 6.07) is 66.6. The monoisotopic (exact) mass is 717 g/mol. The van der Waals surface area contributed by atoms with Crippen molar-refractivity contribution in [3.63, 3.8) is 0 Å². The zero-order chi connectivity index (χ0) is 36.3. The second-order valence-electron chi connectivity index (χ2n) is 14.0. The van der Waals surface area contributed by atoms with E-state index >= 15 is 0 Å². The van der Waals surface area contributed by atoms with E-state index in [2.05, 4.69) is 176 Å². The average molecular weight is 718 g/mol. The summed E-state index contributed by atoms with van der Waals surface area (Å²) in [5.74, 6) is 0.716. The first-order valence-corrected chi connectivity index (χ1v) is 19.3. The van der Waals surface area contributed by atoms with Crippen LogP contribution >= 0.6 is 11.3 Å². The number of nitrogens with zero attached hydrogens (tertiary/aromatic N) is 3. The Morgan fingerprint density at radius 2 is 0.855 bits per heavy atom.